The van der Waals surface area contributed by atoms with Gasteiger partial charge in [0.1, 0.15) is 0 Å². The zero-order valence-corrected chi connectivity index (χ0v) is 14.5. The van der Waals surface area contributed by atoms with Gasteiger partial charge in [-0.1, -0.05) is 6.92 Å². The molecule has 1 heterocycles. The number of rotatable bonds is 3. The molecule has 0 fully saturated rings. The van der Waals surface area contributed by atoms with Gasteiger partial charge in [-0.2, -0.15) is 5.10 Å². The Kier molecular flexibility index (Phi) is 4.59. The monoisotopic (exact) mass is 301 g/mol. The molecule has 1 aliphatic rings. The van der Waals surface area contributed by atoms with Gasteiger partial charge in [0.05, 0.1) is 6.21 Å². The molecule has 1 aromatic rings. The number of anilines is 1. The number of hydrogen-bond acceptors (Lipinski definition) is 3. The Morgan fingerprint density at radius 1 is 1.50 bits per heavy atom. The zero-order valence-electron chi connectivity index (χ0n) is 14.5. The summed E-state index contributed by atoms with van der Waals surface area (Å²) in [6, 6.07) is 4.48. The molecule has 22 heavy (non-hydrogen) atoms. The topological polar surface area (TPSA) is 44.7 Å². The van der Waals surface area contributed by atoms with Gasteiger partial charge in [0.2, 0.25) is 5.91 Å². The summed E-state index contributed by atoms with van der Waals surface area (Å²) in [6.45, 7) is 13.7. The van der Waals surface area contributed by atoms with Crippen LogP contribution in [0.4, 0.5) is 5.69 Å². The minimum absolute atomic E-state index is 0.154. The van der Waals surface area contributed by atoms with E-state index in [0.717, 1.165) is 18.5 Å². The van der Waals surface area contributed by atoms with Crippen LogP contribution in [0.3, 0.4) is 0 Å². The van der Waals surface area contributed by atoms with Gasteiger partial charge in [-0.3, -0.25) is 4.79 Å². The van der Waals surface area contributed by atoms with E-state index in [9.17, 15) is 4.79 Å². The van der Waals surface area contributed by atoms with Crippen LogP contribution in [-0.4, -0.2) is 24.2 Å². The molecule has 0 saturated carbocycles. The molecule has 2 rings (SSSR count). The summed E-state index contributed by atoms with van der Waals surface area (Å²) in [6.07, 6.45) is 2.87. The van der Waals surface area contributed by atoms with Crippen LogP contribution < -0.4 is 10.3 Å². The Hall–Kier alpha value is -1.84. The molecule has 1 amide bonds. The van der Waals surface area contributed by atoms with Gasteiger partial charge in [0.25, 0.3) is 0 Å². The number of fused-ring (bicyclic) bond motifs is 1. The smallest absolute Gasteiger partial charge is 0.236 e. The first-order valence-corrected chi connectivity index (χ1v) is 7.98. The molecule has 120 valence electrons. The van der Waals surface area contributed by atoms with E-state index in [-0.39, 0.29) is 11.4 Å². The third-order valence-electron chi connectivity index (χ3n) is 4.52. The summed E-state index contributed by atoms with van der Waals surface area (Å²) < 4.78 is 0. The Morgan fingerprint density at radius 2 is 2.18 bits per heavy atom. The van der Waals surface area contributed by atoms with E-state index < -0.39 is 0 Å². The molecule has 4 nitrogen and oxygen atoms in total. The van der Waals surface area contributed by atoms with Crippen molar-refractivity contribution in [1.82, 2.24) is 5.43 Å². The third kappa shape index (κ3) is 3.16. The molecule has 0 aromatic heterocycles. The van der Waals surface area contributed by atoms with E-state index >= 15 is 0 Å². The third-order valence-corrected chi connectivity index (χ3v) is 4.52. The van der Waals surface area contributed by atoms with Crippen LogP contribution in [-0.2, 0) is 4.79 Å². The van der Waals surface area contributed by atoms with Crippen molar-refractivity contribution >= 4 is 17.8 Å². The van der Waals surface area contributed by atoms with Crippen molar-refractivity contribution in [3.05, 3.63) is 28.8 Å². The molecule has 4 heteroatoms. The fraction of sp³-hybridized carbons (Fsp3) is 0.556. The van der Waals surface area contributed by atoms with Gasteiger partial charge >= 0.3 is 0 Å². The number of hydrazone groups is 1. The van der Waals surface area contributed by atoms with E-state index in [4.69, 9.17) is 0 Å². The average molecular weight is 301 g/mol. The van der Waals surface area contributed by atoms with Gasteiger partial charge in [-0.15, -0.1) is 0 Å². The van der Waals surface area contributed by atoms with Crippen molar-refractivity contribution < 1.29 is 4.79 Å². The number of nitrogens with one attached hydrogen (secondary N) is 1. The highest BCUT2D eigenvalue weighted by atomic mass is 16.2. The van der Waals surface area contributed by atoms with Gasteiger partial charge in [-0.25, -0.2) is 5.43 Å². The van der Waals surface area contributed by atoms with Crippen molar-refractivity contribution in [2.45, 2.75) is 59.4 Å². The summed E-state index contributed by atoms with van der Waals surface area (Å²) in [5.41, 5.74) is 7.59. The molecule has 1 aromatic carbocycles. The van der Waals surface area contributed by atoms with Crippen molar-refractivity contribution in [3.8, 4) is 0 Å². The predicted octanol–water partition coefficient (Wildman–Crippen LogP) is 3.58. The molecule has 0 spiro atoms. The molecule has 1 atom stereocenters. The normalized spacial score (nSPS) is 20.1. The Bertz CT molecular complexity index is 605. The predicted molar refractivity (Wildman–Crippen MR) is 92.7 cm³/mol. The van der Waals surface area contributed by atoms with Gasteiger partial charge in [0, 0.05) is 24.7 Å². The minimum Gasteiger partial charge on any atom is -0.366 e. The van der Waals surface area contributed by atoms with Crippen LogP contribution in [0.2, 0.25) is 0 Å². The summed E-state index contributed by atoms with van der Waals surface area (Å²) >= 11 is 0. The van der Waals surface area contributed by atoms with Crippen LogP contribution in [0.5, 0.6) is 0 Å². The van der Waals surface area contributed by atoms with Crippen molar-refractivity contribution in [2.75, 3.05) is 11.4 Å². The van der Waals surface area contributed by atoms with Gasteiger partial charge in [-0.05, 0) is 68.9 Å². The first-order valence-electron chi connectivity index (χ1n) is 7.98. The van der Waals surface area contributed by atoms with Crippen LogP contribution in [0.15, 0.2) is 17.2 Å². The molecule has 0 bridgehead atoms. The average Bonchev–Trinajstić information content (AvgIpc) is 2.39. The van der Waals surface area contributed by atoms with Gasteiger partial charge in [0.15, 0.2) is 0 Å². The van der Waals surface area contributed by atoms with E-state index in [2.05, 4.69) is 62.2 Å². The molecule has 0 radical (unpaired) electrons. The van der Waals surface area contributed by atoms with Crippen LogP contribution in [0, 0.1) is 6.92 Å². The van der Waals surface area contributed by atoms with Crippen LogP contribution >= 0.6 is 0 Å². The summed E-state index contributed by atoms with van der Waals surface area (Å²) in [5.74, 6) is 0.362. The number of nitrogens with zero attached hydrogens (tertiary/aromatic N) is 2. The molecule has 0 aliphatic carbocycles. The Balaban J connectivity index is 2.44. The fourth-order valence-electron chi connectivity index (χ4n) is 3.58. The summed E-state index contributed by atoms with van der Waals surface area (Å²) in [5, 5.41) is 4.01. The highest BCUT2D eigenvalue weighted by Crippen LogP contribution is 2.43. The standard InChI is InChI=1S/C18H27N3O/c1-7-21-17-8-12(2)15(11-19-20-14(4)22)9-16(17)13(3)10-18(21,5)6/h8-9,11,13H,7,10H2,1-6H3,(H,20,22)/b19-11-/t13-/m1/s1. The number of aryl methyl sites for hydroxylation is 1. The number of carbonyl (C=O) groups excluding carboxylic acids is 1. The van der Waals surface area contributed by atoms with E-state index in [1.54, 1.807) is 6.21 Å². The molecular formula is C18H27N3O. The number of hydrogen-bond donors (Lipinski definition) is 1. The van der Waals surface area contributed by atoms with Crippen molar-refractivity contribution in [1.29, 1.82) is 0 Å². The lowest BCUT2D eigenvalue weighted by molar-refractivity contribution is -0.118. The SMILES string of the molecule is CCN1c2cc(C)c(/C=N\NC(C)=O)cc2[C@H](C)CC1(C)C. The second-order valence-corrected chi connectivity index (χ2v) is 6.86. The number of benzene rings is 1. The molecule has 1 N–H and O–H groups in total. The molecular weight excluding hydrogens is 274 g/mol. The maximum Gasteiger partial charge on any atom is 0.236 e. The lowest BCUT2D eigenvalue weighted by Crippen LogP contribution is -2.48. The molecule has 1 aliphatic heterocycles. The first-order chi connectivity index (χ1) is 10.3. The van der Waals surface area contributed by atoms with Crippen molar-refractivity contribution in [2.24, 2.45) is 5.10 Å². The minimum atomic E-state index is -0.154. The van der Waals surface area contributed by atoms with E-state index in [1.165, 1.54) is 23.7 Å². The quantitative estimate of drug-likeness (QED) is 0.685. The highest BCUT2D eigenvalue weighted by molar-refractivity contribution is 5.85. The lowest BCUT2D eigenvalue weighted by atomic mass is 9.79. The lowest BCUT2D eigenvalue weighted by Gasteiger charge is -2.47. The van der Waals surface area contributed by atoms with E-state index in [1.807, 2.05) is 0 Å². The second kappa shape index (κ2) is 6.11. The van der Waals surface area contributed by atoms with Crippen LogP contribution in [0.1, 0.15) is 63.6 Å². The first kappa shape index (κ1) is 16.5. The maximum atomic E-state index is 10.9. The van der Waals surface area contributed by atoms with Crippen molar-refractivity contribution in [3.63, 3.8) is 0 Å². The Labute approximate surface area is 133 Å². The maximum absolute atomic E-state index is 10.9. The van der Waals surface area contributed by atoms with Crippen LogP contribution in [0.25, 0.3) is 0 Å². The largest absolute Gasteiger partial charge is 0.366 e. The zero-order chi connectivity index (χ0) is 16.5. The summed E-state index contributed by atoms with van der Waals surface area (Å²) in [7, 11) is 0. The highest BCUT2D eigenvalue weighted by Gasteiger charge is 2.35. The van der Waals surface area contributed by atoms with Gasteiger partial charge < -0.3 is 4.90 Å². The second-order valence-electron chi connectivity index (χ2n) is 6.86. The Morgan fingerprint density at radius 3 is 2.77 bits per heavy atom. The van der Waals surface area contributed by atoms with E-state index in [0.29, 0.717) is 5.92 Å². The number of amides is 1. The molecule has 0 unspecified atom stereocenters. The fourth-order valence-corrected chi connectivity index (χ4v) is 3.58. The molecule has 0 saturated heterocycles. The summed E-state index contributed by atoms with van der Waals surface area (Å²) in [4.78, 5) is 13.4. The number of carbonyl (C=O) groups is 1.